The minimum absolute atomic E-state index is 0.212. The summed E-state index contributed by atoms with van der Waals surface area (Å²) in [6.07, 6.45) is 1.45. The first-order valence-corrected chi connectivity index (χ1v) is 9.69. The van der Waals surface area contributed by atoms with Crippen LogP contribution in [0.5, 0.6) is 17.2 Å². The first-order valence-electron chi connectivity index (χ1n) is 9.69. The van der Waals surface area contributed by atoms with Gasteiger partial charge in [-0.25, -0.2) is 10.2 Å². The molecule has 0 heterocycles. The second-order valence-corrected chi connectivity index (χ2v) is 6.29. The van der Waals surface area contributed by atoms with E-state index in [2.05, 4.69) is 10.5 Å². The third kappa shape index (κ3) is 6.71. The maximum absolute atomic E-state index is 12.1. The normalized spacial score (nSPS) is 10.5. The van der Waals surface area contributed by atoms with Crippen molar-refractivity contribution in [2.45, 2.75) is 6.92 Å². The Morgan fingerprint density at radius 1 is 0.903 bits per heavy atom. The molecule has 0 spiro atoms. The summed E-state index contributed by atoms with van der Waals surface area (Å²) in [4.78, 5) is 24.1. The summed E-state index contributed by atoms with van der Waals surface area (Å²) in [7, 11) is 0. The number of para-hydroxylation sites is 2. The fourth-order valence-corrected chi connectivity index (χ4v) is 2.60. The van der Waals surface area contributed by atoms with Crippen molar-refractivity contribution in [1.29, 1.82) is 0 Å². The number of hydrazone groups is 1. The molecule has 0 aliphatic carbocycles. The van der Waals surface area contributed by atoms with Gasteiger partial charge < -0.3 is 14.2 Å². The van der Waals surface area contributed by atoms with Gasteiger partial charge in [-0.2, -0.15) is 5.10 Å². The Hall–Kier alpha value is -4.13. The van der Waals surface area contributed by atoms with E-state index in [9.17, 15) is 9.59 Å². The molecule has 0 aliphatic rings. The van der Waals surface area contributed by atoms with Crippen LogP contribution in [0, 0.1) is 0 Å². The highest BCUT2D eigenvalue weighted by molar-refractivity contribution is 5.91. The predicted molar refractivity (Wildman–Crippen MR) is 117 cm³/mol. The molecule has 1 N–H and O–H groups in total. The van der Waals surface area contributed by atoms with Gasteiger partial charge in [-0.05, 0) is 48.9 Å². The summed E-state index contributed by atoms with van der Waals surface area (Å²) in [6, 6.07) is 22.6. The van der Waals surface area contributed by atoms with Gasteiger partial charge in [-0.3, -0.25) is 4.79 Å². The van der Waals surface area contributed by atoms with E-state index in [1.165, 1.54) is 6.21 Å². The zero-order valence-electron chi connectivity index (χ0n) is 17.0. The summed E-state index contributed by atoms with van der Waals surface area (Å²) in [5, 5.41) is 3.91. The van der Waals surface area contributed by atoms with Crippen LogP contribution < -0.4 is 19.6 Å². The van der Waals surface area contributed by atoms with Crippen LogP contribution in [0.2, 0.25) is 0 Å². The number of ether oxygens (including phenoxy) is 3. The Balaban J connectivity index is 1.51. The topological polar surface area (TPSA) is 86.2 Å². The molecule has 3 aromatic carbocycles. The lowest BCUT2D eigenvalue weighted by atomic mass is 10.2. The molecule has 3 aromatic rings. The molecule has 0 aromatic heterocycles. The second kappa shape index (κ2) is 11.2. The van der Waals surface area contributed by atoms with Crippen LogP contribution in [-0.2, 0) is 4.79 Å². The molecule has 3 rings (SSSR count). The smallest absolute Gasteiger partial charge is 0.343 e. The molecule has 0 unspecified atom stereocenters. The highest BCUT2D eigenvalue weighted by Crippen LogP contribution is 2.26. The van der Waals surface area contributed by atoms with Crippen molar-refractivity contribution >= 4 is 18.1 Å². The number of amides is 1. The Labute approximate surface area is 180 Å². The highest BCUT2D eigenvalue weighted by atomic mass is 16.5. The zero-order chi connectivity index (χ0) is 21.9. The largest absolute Gasteiger partial charge is 0.490 e. The van der Waals surface area contributed by atoms with Gasteiger partial charge in [0, 0.05) is 0 Å². The number of esters is 1. The zero-order valence-corrected chi connectivity index (χ0v) is 17.0. The van der Waals surface area contributed by atoms with Crippen LogP contribution >= 0.6 is 0 Å². The lowest BCUT2D eigenvalue weighted by molar-refractivity contribution is -0.123. The quantitative estimate of drug-likeness (QED) is 0.247. The van der Waals surface area contributed by atoms with Gasteiger partial charge in [0.15, 0.2) is 18.1 Å². The molecule has 0 fully saturated rings. The van der Waals surface area contributed by atoms with Crippen molar-refractivity contribution in [1.82, 2.24) is 5.43 Å². The maximum Gasteiger partial charge on any atom is 0.343 e. The molecule has 0 bridgehead atoms. The lowest BCUT2D eigenvalue weighted by Gasteiger charge is -2.10. The number of nitrogens with zero attached hydrogens (tertiary/aromatic N) is 1. The van der Waals surface area contributed by atoms with Crippen molar-refractivity contribution in [3.63, 3.8) is 0 Å². The average molecular weight is 418 g/mol. The van der Waals surface area contributed by atoms with Gasteiger partial charge in [0.1, 0.15) is 5.75 Å². The van der Waals surface area contributed by atoms with Gasteiger partial charge in [-0.1, -0.05) is 42.5 Å². The van der Waals surface area contributed by atoms with E-state index in [-0.39, 0.29) is 6.61 Å². The van der Waals surface area contributed by atoms with Gasteiger partial charge in [0.05, 0.1) is 18.4 Å². The number of hydrogen-bond donors (Lipinski definition) is 1. The average Bonchev–Trinajstić information content (AvgIpc) is 2.79. The number of benzene rings is 3. The summed E-state index contributed by atoms with van der Waals surface area (Å²) in [6.45, 7) is 2.16. The highest BCUT2D eigenvalue weighted by Gasteiger charge is 2.08. The lowest BCUT2D eigenvalue weighted by Crippen LogP contribution is -2.24. The van der Waals surface area contributed by atoms with Crippen LogP contribution in [0.3, 0.4) is 0 Å². The van der Waals surface area contributed by atoms with Gasteiger partial charge in [-0.15, -0.1) is 0 Å². The van der Waals surface area contributed by atoms with Crippen LogP contribution in [0.15, 0.2) is 84.0 Å². The molecular formula is C24H22N2O5. The summed E-state index contributed by atoms with van der Waals surface area (Å²) >= 11 is 0. The van der Waals surface area contributed by atoms with E-state index < -0.39 is 11.9 Å². The molecule has 7 heteroatoms. The molecule has 0 radical (unpaired) electrons. The molecule has 31 heavy (non-hydrogen) atoms. The molecule has 0 saturated heterocycles. The fraction of sp³-hybridized carbons (Fsp3) is 0.125. The van der Waals surface area contributed by atoms with E-state index in [0.29, 0.717) is 35.0 Å². The third-order valence-electron chi connectivity index (χ3n) is 3.99. The van der Waals surface area contributed by atoms with E-state index in [4.69, 9.17) is 14.2 Å². The molecule has 1 amide bonds. The van der Waals surface area contributed by atoms with Gasteiger partial charge in [0.2, 0.25) is 0 Å². The van der Waals surface area contributed by atoms with Crippen molar-refractivity contribution in [3.8, 4) is 17.2 Å². The standard InChI is InChI=1S/C24H22N2O5/c1-2-29-21-13-6-7-14-22(21)30-17-23(27)26-25-16-18-9-8-12-20(15-18)31-24(28)19-10-4-3-5-11-19/h3-16H,2,17H2,1H3,(H,26,27). The molecule has 7 nitrogen and oxygen atoms in total. The SMILES string of the molecule is CCOc1ccccc1OCC(=O)NN=Cc1cccc(OC(=O)c2ccccc2)c1. The fourth-order valence-electron chi connectivity index (χ4n) is 2.60. The van der Waals surface area contributed by atoms with Crippen LogP contribution in [0.25, 0.3) is 0 Å². The number of carbonyl (C=O) groups excluding carboxylic acids is 2. The van der Waals surface area contributed by atoms with Crippen LogP contribution in [0.1, 0.15) is 22.8 Å². The van der Waals surface area contributed by atoms with E-state index >= 15 is 0 Å². The third-order valence-corrected chi connectivity index (χ3v) is 3.99. The Kier molecular flexibility index (Phi) is 7.77. The van der Waals surface area contributed by atoms with Crippen molar-refractivity contribution in [2.75, 3.05) is 13.2 Å². The summed E-state index contributed by atoms with van der Waals surface area (Å²) in [5.74, 6) is 0.557. The first-order chi connectivity index (χ1) is 15.2. The second-order valence-electron chi connectivity index (χ2n) is 6.29. The molecule has 0 atom stereocenters. The minimum atomic E-state index is -0.451. The Morgan fingerprint density at radius 2 is 1.61 bits per heavy atom. The van der Waals surface area contributed by atoms with Crippen molar-refractivity contribution < 1.29 is 23.8 Å². The van der Waals surface area contributed by atoms with E-state index in [0.717, 1.165) is 0 Å². The van der Waals surface area contributed by atoms with Crippen LogP contribution in [0.4, 0.5) is 0 Å². The Morgan fingerprint density at radius 3 is 2.35 bits per heavy atom. The molecule has 158 valence electrons. The molecule has 0 aliphatic heterocycles. The van der Waals surface area contributed by atoms with Gasteiger partial charge >= 0.3 is 5.97 Å². The number of carbonyl (C=O) groups is 2. The number of hydrogen-bond acceptors (Lipinski definition) is 6. The van der Waals surface area contributed by atoms with Crippen molar-refractivity contribution in [3.05, 3.63) is 90.0 Å². The summed E-state index contributed by atoms with van der Waals surface area (Å²) in [5.41, 5.74) is 3.51. The number of nitrogens with one attached hydrogen (secondary N) is 1. The first kappa shape index (κ1) is 21.6. The van der Waals surface area contributed by atoms with Crippen LogP contribution in [-0.4, -0.2) is 31.3 Å². The summed E-state index contributed by atoms with van der Waals surface area (Å²) < 4.78 is 16.3. The maximum atomic E-state index is 12.1. The number of rotatable bonds is 9. The molecule has 0 saturated carbocycles. The van der Waals surface area contributed by atoms with Gasteiger partial charge in [0.25, 0.3) is 5.91 Å². The molecular weight excluding hydrogens is 396 g/mol. The monoisotopic (exact) mass is 418 g/mol. The van der Waals surface area contributed by atoms with E-state index in [1.54, 1.807) is 66.7 Å². The minimum Gasteiger partial charge on any atom is -0.490 e. The van der Waals surface area contributed by atoms with E-state index in [1.807, 2.05) is 19.1 Å². The Bertz CT molecular complexity index is 1050. The predicted octanol–water partition coefficient (Wildman–Crippen LogP) is 3.83. The van der Waals surface area contributed by atoms with Crippen molar-refractivity contribution in [2.24, 2.45) is 5.10 Å².